The van der Waals surface area contributed by atoms with Gasteiger partial charge < -0.3 is 20.1 Å². The first kappa shape index (κ1) is 28.0. The predicted molar refractivity (Wildman–Crippen MR) is 166 cm³/mol. The maximum Gasteiger partial charge on any atom is 0.263 e. The Morgan fingerprint density at radius 3 is 2.09 bits per heavy atom. The molecule has 218 valence electrons. The number of anilines is 4. The van der Waals surface area contributed by atoms with Crippen molar-refractivity contribution in [3.05, 3.63) is 103 Å². The van der Waals surface area contributed by atoms with Crippen molar-refractivity contribution in [3.63, 3.8) is 0 Å². The number of para-hydroxylation sites is 2. The molecule has 5 aromatic rings. The van der Waals surface area contributed by atoms with Crippen molar-refractivity contribution < 1.29 is 22.7 Å². The van der Waals surface area contributed by atoms with Crippen LogP contribution in [0, 0.1) is 5.92 Å². The minimum atomic E-state index is -4.13. The molecular formula is C32H29N5O5S. The standard InChI is InChI=1S/C32H29N5O5S/c1-41-23-15-22(16-24(18-23)42-2)33-30-31(36-29-14-7-6-13-28(29)35-30)37-43(39,40)25-12-8-11-21(17-25)34-32(38)27-19-26(27)20-9-4-3-5-10-20/h3-18,26-27H,19H2,1-2H3,(H,33,35)(H,34,38)(H,36,37)/t26-,27-/m0/s1. The number of fused-ring (bicyclic) bond motifs is 1. The zero-order valence-corrected chi connectivity index (χ0v) is 24.3. The number of hydrogen-bond acceptors (Lipinski definition) is 8. The second kappa shape index (κ2) is 11.6. The molecule has 1 saturated carbocycles. The molecule has 11 heteroatoms. The van der Waals surface area contributed by atoms with Crippen LogP contribution in [-0.2, 0) is 14.8 Å². The highest BCUT2D eigenvalue weighted by molar-refractivity contribution is 7.92. The van der Waals surface area contributed by atoms with Crippen LogP contribution in [0.15, 0.2) is 102 Å². The second-order valence-corrected chi connectivity index (χ2v) is 11.8. The summed E-state index contributed by atoms with van der Waals surface area (Å²) in [7, 11) is -1.06. The third-order valence-corrected chi connectivity index (χ3v) is 8.52. The Kier molecular flexibility index (Phi) is 7.56. The molecule has 1 amide bonds. The molecule has 0 aliphatic heterocycles. The maximum atomic E-state index is 13.6. The van der Waals surface area contributed by atoms with Crippen LogP contribution >= 0.6 is 0 Å². The number of carbonyl (C=O) groups is 1. The van der Waals surface area contributed by atoms with E-state index < -0.39 is 10.0 Å². The molecule has 0 unspecified atom stereocenters. The highest BCUT2D eigenvalue weighted by Gasteiger charge is 2.43. The monoisotopic (exact) mass is 595 g/mol. The average Bonchev–Trinajstić information content (AvgIpc) is 3.83. The lowest BCUT2D eigenvalue weighted by atomic mass is 10.1. The molecule has 10 nitrogen and oxygen atoms in total. The van der Waals surface area contributed by atoms with Crippen LogP contribution in [0.3, 0.4) is 0 Å². The molecule has 0 bridgehead atoms. The van der Waals surface area contributed by atoms with Crippen LogP contribution in [0.1, 0.15) is 17.9 Å². The first-order chi connectivity index (χ1) is 20.8. The minimum Gasteiger partial charge on any atom is -0.497 e. The molecule has 0 spiro atoms. The first-order valence-electron chi connectivity index (χ1n) is 13.6. The molecule has 6 rings (SSSR count). The van der Waals surface area contributed by atoms with E-state index in [0.29, 0.717) is 33.9 Å². The van der Waals surface area contributed by atoms with Crippen molar-refractivity contribution in [1.82, 2.24) is 9.97 Å². The van der Waals surface area contributed by atoms with Gasteiger partial charge >= 0.3 is 0 Å². The van der Waals surface area contributed by atoms with Crippen LogP contribution in [0.25, 0.3) is 11.0 Å². The van der Waals surface area contributed by atoms with Crippen LogP contribution in [0.5, 0.6) is 11.5 Å². The number of rotatable bonds is 10. The molecule has 0 radical (unpaired) electrons. The van der Waals surface area contributed by atoms with Gasteiger partial charge in [0.05, 0.1) is 30.1 Å². The molecule has 1 aliphatic rings. The van der Waals surface area contributed by atoms with Gasteiger partial charge in [-0.1, -0.05) is 48.5 Å². The molecular weight excluding hydrogens is 566 g/mol. The number of aromatic nitrogens is 2. The summed E-state index contributed by atoms with van der Waals surface area (Å²) in [5.41, 5.74) is 3.14. The lowest BCUT2D eigenvalue weighted by Gasteiger charge is -2.15. The average molecular weight is 596 g/mol. The summed E-state index contributed by atoms with van der Waals surface area (Å²) in [5, 5.41) is 6.02. The molecule has 1 aliphatic carbocycles. The Morgan fingerprint density at radius 2 is 1.42 bits per heavy atom. The van der Waals surface area contributed by atoms with Crippen molar-refractivity contribution >= 4 is 50.0 Å². The number of ether oxygens (including phenoxy) is 2. The van der Waals surface area contributed by atoms with Gasteiger partial charge in [0, 0.05) is 35.5 Å². The maximum absolute atomic E-state index is 13.6. The van der Waals surface area contributed by atoms with Gasteiger partial charge in [-0.25, -0.2) is 18.4 Å². The number of nitrogens with one attached hydrogen (secondary N) is 3. The Balaban J connectivity index is 1.26. The summed E-state index contributed by atoms with van der Waals surface area (Å²) >= 11 is 0. The van der Waals surface area contributed by atoms with Crippen LogP contribution in [-0.4, -0.2) is 38.5 Å². The topological polar surface area (TPSA) is 132 Å². The lowest BCUT2D eigenvalue weighted by Crippen LogP contribution is -2.17. The molecule has 1 heterocycles. The molecule has 43 heavy (non-hydrogen) atoms. The Bertz CT molecular complexity index is 1890. The SMILES string of the molecule is COc1cc(Nc2nc3ccccc3nc2NS(=O)(=O)c2cccc(NC(=O)[C@H]3C[C@H]3c3ccccc3)c2)cc(OC)c1. The van der Waals surface area contributed by atoms with Crippen molar-refractivity contribution in [2.75, 3.05) is 29.6 Å². The summed E-state index contributed by atoms with van der Waals surface area (Å²) in [6.45, 7) is 0. The van der Waals surface area contributed by atoms with E-state index in [1.54, 1.807) is 48.5 Å². The molecule has 2 atom stereocenters. The lowest BCUT2D eigenvalue weighted by molar-refractivity contribution is -0.117. The molecule has 4 aromatic carbocycles. The van der Waals surface area contributed by atoms with E-state index in [1.165, 1.54) is 26.4 Å². The van der Waals surface area contributed by atoms with Crippen molar-refractivity contribution in [2.45, 2.75) is 17.2 Å². The summed E-state index contributed by atoms with van der Waals surface area (Å²) in [6.07, 6.45) is 0.755. The van der Waals surface area contributed by atoms with Gasteiger partial charge in [0.25, 0.3) is 10.0 Å². The van der Waals surface area contributed by atoms with E-state index in [2.05, 4.69) is 25.3 Å². The minimum absolute atomic E-state index is 0.00129. The van der Waals surface area contributed by atoms with Gasteiger partial charge in [-0.15, -0.1) is 0 Å². The number of benzene rings is 4. The zero-order valence-electron chi connectivity index (χ0n) is 23.4. The highest BCUT2D eigenvalue weighted by atomic mass is 32.2. The number of methoxy groups -OCH3 is 2. The summed E-state index contributed by atoms with van der Waals surface area (Å²) in [6, 6.07) is 28.3. The van der Waals surface area contributed by atoms with Gasteiger partial charge in [0.15, 0.2) is 11.6 Å². The van der Waals surface area contributed by atoms with Crippen molar-refractivity contribution in [3.8, 4) is 11.5 Å². The molecule has 3 N–H and O–H groups in total. The Hall–Kier alpha value is -5.16. The van der Waals surface area contributed by atoms with E-state index in [9.17, 15) is 13.2 Å². The largest absolute Gasteiger partial charge is 0.497 e. The third-order valence-electron chi connectivity index (χ3n) is 7.18. The van der Waals surface area contributed by atoms with Crippen molar-refractivity contribution in [1.29, 1.82) is 0 Å². The number of hydrogen-bond donors (Lipinski definition) is 3. The fourth-order valence-corrected chi connectivity index (χ4v) is 5.94. The van der Waals surface area contributed by atoms with E-state index >= 15 is 0 Å². The number of nitrogens with zero attached hydrogens (tertiary/aromatic N) is 2. The predicted octanol–water partition coefficient (Wildman–Crippen LogP) is 5.93. The Labute approximate surface area is 249 Å². The Morgan fingerprint density at radius 1 is 0.767 bits per heavy atom. The number of amides is 1. The van der Waals surface area contributed by atoms with E-state index in [0.717, 1.165) is 12.0 Å². The van der Waals surface area contributed by atoms with Gasteiger partial charge in [0.2, 0.25) is 5.91 Å². The van der Waals surface area contributed by atoms with Crippen LogP contribution in [0.2, 0.25) is 0 Å². The fourth-order valence-electron chi connectivity index (χ4n) is 4.89. The van der Waals surface area contributed by atoms with Gasteiger partial charge in [0.1, 0.15) is 11.5 Å². The van der Waals surface area contributed by atoms with Crippen LogP contribution in [0.4, 0.5) is 23.0 Å². The molecule has 1 aromatic heterocycles. The van der Waals surface area contributed by atoms with Gasteiger partial charge in [-0.2, -0.15) is 0 Å². The van der Waals surface area contributed by atoms with Crippen molar-refractivity contribution in [2.24, 2.45) is 5.92 Å². The van der Waals surface area contributed by atoms with Crippen LogP contribution < -0.4 is 24.8 Å². The third kappa shape index (κ3) is 6.21. The summed E-state index contributed by atoms with van der Waals surface area (Å²) < 4.78 is 40.5. The second-order valence-electron chi connectivity index (χ2n) is 10.1. The van der Waals surface area contributed by atoms with Gasteiger partial charge in [-0.05, 0) is 48.2 Å². The normalized spacial score (nSPS) is 15.9. The molecule has 1 fully saturated rings. The highest BCUT2D eigenvalue weighted by Crippen LogP contribution is 2.48. The quantitative estimate of drug-likeness (QED) is 0.181. The van der Waals surface area contributed by atoms with E-state index in [4.69, 9.17) is 9.47 Å². The van der Waals surface area contributed by atoms with Gasteiger partial charge in [-0.3, -0.25) is 9.52 Å². The van der Waals surface area contributed by atoms with E-state index in [-0.39, 0.29) is 34.3 Å². The zero-order chi connectivity index (χ0) is 30.0. The molecule has 0 saturated heterocycles. The number of carbonyl (C=O) groups excluding carboxylic acids is 1. The smallest absolute Gasteiger partial charge is 0.263 e. The number of sulfonamides is 1. The summed E-state index contributed by atoms with van der Waals surface area (Å²) in [4.78, 5) is 22.1. The van der Waals surface area contributed by atoms with E-state index in [1.807, 2.05) is 36.4 Å². The first-order valence-corrected chi connectivity index (χ1v) is 15.1. The fraction of sp³-hybridized carbons (Fsp3) is 0.156. The summed E-state index contributed by atoms with van der Waals surface area (Å²) in [5.74, 6) is 1.13.